The van der Waals surface area contributed by atoms with E-state index in [4.69, 9.17) is 11.6 Å². The van der Waals surface area contributed by atoms with Crippen molar-refractivity contribution in [3.8, 4) is 11.1 Å². The van der Waals surface area contributed by atoms with Crippen LogP contribution < -0.4 is 0 Å². The van der Waals surface area contributed by atoms with E-state index < -0.39 is 0 Å². The average Bonchev–Trinajstić information content (AvgIpc) is 2.60. The van der Waals surface area contributed by atoms with Crippen LogP contribution in [0.3, 0.4) is 0 Å². The lowest BCUT2D eigenvalue weighted by atomic mass is 10.1. The largest absolute Gasteiger partial charge is 0.289 e. The number of ketones is 1. The van der Waals surface area contributed by atoms with Crippen LogP contribution in [-0.4, -0.2) is 5.78 Å². The molecule has 0 radical (unpaired) electrons. The summed E-state index contributed by atoms with van der Waals surface area (Å²) in [5.41, 5.74) is 3.20. The van der Waals surface area contributed by atoms with Crippen LogP contribution in [0.25, 0.3) is 11.1 Å². The Balaban J connectivity index is 2.47. The van der Waals surface area contributed by atoms with Gasteiger partial charge in [0.25, 0.3) is 0 Å². The Hall–Kier alpha value is -1.12. The number of benzene rings is 2. The molecule has 16 heavy (non-hydrogen) atoms. The van der Waals surface area contributed by atoms with Crippen molar-refractivity contribution in [2.24, 2.45) is 0 Å². The first-order valence-corrected chi connectivity index (χ1v) is 5.99. The fourth-order valence-corrected chi connectivity index (χ4v) is 2.86. The van der Waals surface area contributed by atoms with Gasteiger partial charge in [0.05, 0.1) is 10.6 Å². The lowest BCUT2D eigenvalue weighted by molar-refractivity contribution is 0.104. The van der Waals surface area contributed by atoms with Crippen molar-refractivity contribution in [2.45, 2.75) is 0 Å². The van der Waals surface area contributed by atoms with Gasteiger partial charge in [-0.1, -0.05) is 51.8 Å². The summed E-state index contributed by atoms with van der Waals surface area (Å²) in [5.74, 6) is 0.0110. The maximum absolute atomic E-state index is 12.2. The topological polar surface area (TPSA) is 17.1 Å². The van der Waals surface area contributed by atoms with E-state index in [1.165, 1.54) is 0 Å². The van der Waals surface area contributed by atoms with Gasteiger partial charge in [-0.25, -0.2) is 0 Å². The van der Waals surface area contributed by atoms with Crippen LogP contribution in [0.4, 0.5) is 0 Å². The van der Waals surface area contributed by atoms with Gasteiger partial charge in [-0.3, -0.25) is 4.79 Å². The fraction of sp³-hybridized carbons (Fsp3) is 0. The first kappa shape index (κ1) is 10.1. The number of carbonyl (C=O) groups is 1. The lowest BCUT2D eigenvalue weighted by Crippen LogP contribution is -1.95. The molecule has 0 aromatic heterocycles. The number of halogens is 2. The number of hydrogen-bond donors (Lipinski definition) is 0. The highest BCUT2D eigenvalue weighted by Gasteiger charge is 2.30. The standard InChI is InChI=1S/C13H6BrClO/c14-9-5-6-10(15)12-11(9)7-3-1-2-4-8(7)13(12)16/h1-6H. The number of carbonyl (C=O) groups excluding carboxylic acids is 1. The minimum Gasteiger partial charge on any atom is -0.289 e. The van der Waals surface area contributed by atoms with Gasteiger partial charge in [0.2, 0.25) is 0 Å². The summed E-state index contributed by atoms with van der Waals surface area (Å²) in [6.45, 7) is 0. The quantitative estimate of drug-likeness (QED) is 0.603. The summed E-state index contributed by atoms with van der Waals surface area (Å²) in [5, 5.41) is 0.513. The van der Waals surface area contributed by atoms with Crippen LogP contribution in [0.1, 0.15) is 15.9 Å². The fourth-order valence-electron chi connectivity index (χ4n) is 2.07. The molecule has 0 saturated carbocycles. The number of hydrogen-bond acceptors (Lipinski definition) is 1. The normalized spacial score (nSPS) is 12.5. The highest BCUT2D eigenvalue weighted by atomic mass is 79.9. The van der Waals surface area contributed by atoms with Crippen LogP contribution in [0, 0.1) is 0 Å². The minimum absolute atomic E-state index is 0.0110. The van der Waals surface area contributed by atoms with Crippen LogP contribution in [-0.2, 0) is 0 Å². The number of rotatable bonds is 0. The molecule has 0 atom stereocenters. The Morgan fingerprint density at radius 1 is 0.938 bits per heavy atom. The van der Waals surface area contributed by atoms with Gasteiger partial charge in [-0.15, -0.1) is 0 Å². The average molecular weight is 294 g/mol. The monoisotopic (exact) mass is 292 g/mol. The molecule has 0 heterocycles. The van der Waals surface area contributed by atoms with E-state index >= 15 is 0 Å². The third kappa shape index (κ3) is 1.20. The zero-order chi connectivity index (χ0) is 11.3. The molecule has 3 rings (SSSR count). The molecule has 78 valence electrons. The van der Waals surface area contributed by atoms with Gasteiger partial charge in [0.1, 0.15) is 0 Å². The van der Waals surface area contributed by atoms with E-state index in [1.807, 2.05) is 30.3 Å². The van der Waals surface area contributed by atoms with E-state index in [-0.39, 0.29) is 5.78 Å². The molecule has 0 aliphatic heterocycles. The van der Waals surface area contributed by atoms with E-state index in [9.17, 15) is 4.79 Å². The zero-order valence-corrected chi connectivity index (χ0v) is 10.5. The molecule has 0 amide bonds. The van der Waals surface area contributed by atoms with Gasteiger partial charge >= 0.3 is 0 Å². The molecule has 1 nitrogen and oxygen atoms in total. The Kier molecular flexibility index (Phi) is 2.16. The summed E-state index contributed by atoms with van der Waals surface area (Å²) in [7, 11) is 0. The second-order valence-electron chi connectivity index (χ2n) is 3.65. The molecule has 2 aromatic carbocycles. The van der Waals surface area contributed by atoms with Gasteiger partial charge in [-0.05, 0) is 17.7 Å². The molecule has 3 heteroatoms. The van der Waals surface area contributed by atoms with Gasteiger partial charge in [0.15, 0.2) is 5.78 Å². The molecule has 1 aliphatic carbocycles. The molecule has 0 unspecified atom stereocenters. The van der Waals surface area contributed by atoms with Gasteiger partial charge < -0.3 is 0 Å². The molecule has 0 N–H and O–H groups in total. The van der Waals surface area contributed by atoms with Crippen molar-refractivity contribution in [3.05, 3.63) is 57.0 Å². The highest BCUT2D eigenvalue weighted by molar-refractivity contribution is 9.10. The Bertz CT molecular complexity index is 619. The molecular weight excluding hydrogens is 287 g/mol. The molecule has 0 fully saturated rings. The second kappa shape index (κ2) is 3.44. The van der Waals surface area contributed by atoms with Crippen molar-refractivity contribution < 1.29 is 4.79 Å². The van der Waals surface area contributed by atoms with E-state index in [0.29, 0.717) is 10.6 Å². The Morgan fingerprint density at radius 2 is 1.62 bits per heavy atom. The van der Waals surface area contributed by atoms with Crippen molar-refractivity contribution >= 4 is 33.3 Å². The third-order valence-corrected chi connectivity index (χ3v) is 3.75. The molecular formula is C13H6BrClO. The summed E-state index contributed by atoms with van der Waals surface area (Å²) < 4.78 is 0.908. The molecule has 1 aliphatic rings. The SMILES string of the molecule is O=C1c2ccccc2-c2c(Br)ccc(Cl)c21. The molecule has 0 saturated heterocycles. The van der Waals surface area contributed by atoms with E-state index in [1.54, 1.807) is 6.07 Å². The zero-order valence-electron chi connectivity index (χ0n) is 8.13. The van der Waals surface area contributed by atoms with Crippen molar-refractivity contribution in [3.63, 3.8) is 0 Å². The van der Waals surface area contributed by atoms with Crippen LogP contribution >= 0.6 is 27.5 Å². The summed E-state index contributed by atoms with van der Waals surface area (Å²) in [4.78, 5) is 12.2. The summed E-state index contributed by atoms with van der Waals surface area (Å²) in [6, 6.07) is 11.2. The maximum Gasteiger partial charge on any atom is 0.195 e. The van der Waals surface area contributed by atoms with Crippen molar-refractivity contribution in [1.29, 1.82) is 0 Å². The van der Waals surface area contributed by atoms with Crippen molar-refractivity contribution in [2.75, 3.05) is 0 Å². The third-order valence-electron chi connectivity index (χ3n) is 2.77. The van der Waals surface area contributed by atoms with Gasteiger partial charge in [0, 0.05) is 15.6 Å². The predicted molar refractivity (Wildman–Crippen MR) is 68.0 cm³/mol. The highest BCUT2D eigenvalue weighted by Crippen LogP contribution is 2.43. The van der Waals surface area contributed by atoms with Crippen LogP contribution in [0.15, 0.2) is 40.9 Å². The minimum atomic E-state index is 0.0110. The van der Waals surface area contributed by atoms with E-state index in [0.717, 1.165) is 21.2 Å². The summed E-state index contributed by atoms with van der Waals surface area (Å²) >= 11 is 9.55. The second-order valence-corrected chi connectivity index (χ2v) is 4.92. The van der Waals surface area contributed by atoms with Crippen LogP contribution in [0.5, 0.6) is 0 Å². The summed E-state index contributed by atoms with van der Waals surface area (Å²) in [6.07, 6.45) is 0. The Labute approximate surface area is 106 Å². The maximum atomic E-state index is 12.2. The molecule has 2 aromatic rings. The smallest absolute Gasteiger partial charge is 0.195 e. The lowest BCUT2D eigenvalue weighted by Gasteiger charge is -2.03. The van der Waals surface area contributed by atoms with E-state index in [2.05, 4.69) is 15.9 Å². The molecule has 0 spiro atoms. The first-order chi connectivity index (χ1) is 7.70. The van der Waals surface area contributed by atoms with Gasteiger partial charge in [-0.2, -0.15) is 0 Å². The van der Waals surface area contributed by atoms with Crippen molar-refractivity contribution in [1.82, 2.24) is 0 Å². The first-order valence-electron chi connectivity index (χ1n) is 4.82. The molecule has 0 bridgehead atoms. The number of fused-ring (bicyclic) bond motifs is 3. The van der Waals surface area contributed by atoms with Crippen LogP contribution in [0.2, 0.25) is 5.02 Å². The Morgan fingerprint density at radius 3 is 2.38 bits per heavy atom. The predicted octanol–water partition coefficient (Wildman–Crippen LogP) is 4.31.